The standard InChI is InChI=1S/C23H26N2O4/c1-15(2)29-13-5-12-25-20(18-6-4-11-24-14-18)19(22(27)23(25)28)21(26)17-9-7-16(3)8-10-17/h4,6-11,14-15,20,26H,5,12-13H2,1-3H3. The van der Waals surface area contributed by atoms with E-state index >= 15 is 0 Å². The van der Waals surface area contributed by atoms with Crippen LogP contribution in [0.1, 0.15) is 43.0 Å². The topological polar surface area (TPSA) is 79.7 Å². The third-order valence-electron chi connectivity index (χ3n) is 4.86. The number of aromatic nitrogens is 1. The number of likely N-dealkylation sites (tertiary alicyclic amines) is 1. The Balaban J connectivity index is 1.99. The summed E-state index contributed by atoms with van der Waals surface area (Å²) in [6.07, 6.45) is 3.94. The summed E-state index contributed by atoms with van der Waals surface area (Å²) >= 11 is 0. The molecule has 0 spiro atoms. The average Bonchev–Trinajstić information content (AvgIpc) is 2.96. The van der Waals surface area contributed by atoms with E-state index in [9.17, 15) is 14.7 Å². The van der Waals surface area contributed by atoms with Gasteiger partial charge in [-0.3, -0.25) is 14.6 Å². The summed E-state index contributed by atoms with van der Waals surface area (Å²) in [7, 11) is 0. The quantitative estimate of drug-likeness (QED) is 0.336. The van der Waals surface area contributed by atoms with E-state index in [1.54, 1.807) is 30.6 Å². The van der Waals surface area contributed by atoms with Crippen molar-refractivity contribution in [1.82, 2.24) is 9.88 Å². The van der Waals surface area contributed by atoms with Crippen LogP contribution in [-0.4, -0.2) is 45.9 Å². The van der Waals surface area contributed by atoms with Crippen molar-refractivity contribution in [3.05, 3.63) is 71.1 Å². The van der Waals surface area contributed by atoms with Crippen LogP contribution in [0, 0.1) is 6.92 Å². The summed E-state index contributed by atoms with van der Waals surface area (Å²) in [5.41, 5.74) is 2.32. The molecule has 1 amide bonds. The molecule has 29 heavy (non-hydrogen) atoms. The van der Waals surface area contributed by atoms with Crippen LogP contribution in [0.25, 0.3) is 5.76 Å². The lowest BCUT2D eigenvalue weighted by Crippen LogP contribution is -2.31. The Morgan fingerprint density at radius 1 is 1.21 bits per heavy atom. The molecule has 1 fully saturated rings. The monoisotopic (exact) mass is 394 g/mol. The number of aryl methyl sites for hydroxylation is 1. The highest BCUT2D eigenvalue weighted by molar-refractivity contribution is 6.46. The third kappa shape index (κ3) is 4.54. The molecular weight excluding hydrogens is 368 g/mol. The Kier molecular flexibility index (Phi) is 6.44. The van der Waals surface area contributed by atoms with Gasteiger partial charge in [-0.2, -0.15) is 0 Å². The van der Waals surface area contributed by atoms with E-state index in [-0.39, 0.29) is 17.4 Å². The van der Waals surface area contributed by atoms with Gasteiger partial charge in [-0.25, -0.2) is 0 Å². The van der Waals surface area contributed by atoms with Crippen LogP contribution in [0.2, 0.25) is 0 Å². The van der Waals surface area contributed by atoms with E-state index < -0.39 is 17.7 Å². The first-order valence-corrected chi connectivity index (χ1v) is 9.77. The molecule has 3 rings (SSSR count). The Bertz CT molecular complexity index is 904. The van der Waals surface area contributed by atoms with Crippen molar-refractivity contribution < 1.29 is 19.4 Å². The molecule has 1 aliphatic heterocycles. The highest BCUT2D eigenvalue weighted by atomic mass is 16.5. The molecule has 6 nitrogen and oxygen atoms in total. The van der Waals surface area contributed by atoms with Crippen LogP contribution < -0.4 is 0 Å². The summed E-state index contributed by atoms with van der Waals surface area (Å²) in [4.78, 5) is 31.3. The minimum absolute atomic E-state index is 0.0941. The molecule has 0 bridgehead atoms. The number of ketones is 1. The minimum atomic E-state index is -0.679. The summed E-state index contributed by atoms with van der Waals surface area (Å²) in [6.45, 7) is 6.67. The molecule has 152 valence electrons. The minimum Gasteiger partial charge on any atom is -0.507 e. The zero-order valence-electron chi connectivity index (χ0n) is 17.0. The van der Waals surface area contributed by atoms with E-state index in [0.717, 1.165) is 5.56 Å². The Hall–Kier alpha value is -2.99. The van der Waals surface area contributed by atoms with Gasteiger partial charge in [-0.05, 0) is 38.8 Å². The van der Waals surface area contributed by atoms with Crippen LogP contribution >= 0.6 is 0 Å². The lowest BCUT2D eigenvalue weighted by atomic mass is 9.96. The number of carbonyl (C=O) groups is 2. The first-order chi connectivity index (χ1) is 13.9. The number of ether oxygens (including phenoxy) is 1. The second-order valence-electron chi connectivity index (χ2n) is 7.42. The molecule has 6 heteroatoms. The van der Waals surface area contributed by atoms with Crippen LogP contribution in [0.5, 0.6) is 0 Å². The number of carbonyl (C=O) groups excluding carboxylic acids is 2. The van der Waals surface area contributed by atoms with E-state index in [1.165, 1.54) is 4.90 Å². The second-order valence-corrected chi connectivity index (χ2v) is 7.42. The molecular formula is C23H26N2O4. The molecule has 1 aliphatic rings. The molecule has 1 N–H and O–H groups in total. The van der Waals surface area contributed by atoms with Gasteiger partial charge in [0.15, 0.2) is 0 Å². The van der Waals surface area contributed by atoms with Crippen LogP contribution in [0.4, 0.5) is 0 Å². The molecule has 2 heterocycles. The second kappa shape index (κ2) is 9.01. The smallest absolute Gasteiger partial charge is 0.295 e. The summed E-state index contributed by atoms with van der Waals surface area (Å²) < 4.78 is 5.56. The molecule has 1 saturated heterocycles. The predicted molar refractivity (Wildman–Crippen MR) is 110 cm³/mol. The van der Waals surface area contributed by atoms with Crippen molar-refractivity contribution in [3.8, 4) is 0 Å². The maximum atomic E-state index is 12.9. The average molecular weight is 394 g/mol. The number of hydrogen-bond donors (Lipinski definition) is 1. The van der Waals surface area contributed by atoms with Crippen molar-refractivity contribution in [1.29, 1.82) is 0 Å². The normalized spacial score (nSPS) is 18.6. The van der Waals surface area contributed by atoms with Gasteiger partial charge >= 0.3 is 0 Å². The van der Waals surface area contributed by atoms with Crippen molar-refractivity contribution in [2.75, 3.05) is 13.2 Å². The predicted octanol–water partition coefficient (Wildman–Crippen LogP) is 3.63. The fraction of sp³-hybridized carbons (Fsp3) is 0.348. The Morgan fingerprint density at radius 2 is 1.93 bits per heavy atom. The summed E-state index contributed by atoms with van der Waals surface area (Å²) in [6, 6.07) is 10.1. The molecule has 0 saturated carbocycles. The first-order valence-electron chi connectivity index (χ1n) is 9.77. The molecule has 0 aliphatic carbocycles. The number of rotatable bonds is 7. The highest BCUT2D eigenvalue weighted by Gasteiger charge is 2.45. The van der Waals surface area contributed by atoms with Gasteiger partial charge in [0.25, 0.3) is 11.7 Å². The lowest BCUT2D eigenvalue weighted by molar-refractivity contribution is -0.140. The van der Waals surface area contributed by atoms with Gasteiger partial charge in [-0.15, -0.1) is 0 Å². The largest absolute Gasteiger partial charge is 0.507 e. The Morgan fingerprint density at radius 3 is 2.55 bits per heavy atom. The van der Waals surface area contributed by atoms with E-state index in [2.05, 4.69) is 4.98 Å². The SMILES string of the molecule is Cc1ccc(C(O)=C2C(=O)C(=O)N(CCCOC(C)C)C2c2cccnc2)cc1. The molecule has 1 unspecified atom stereocenters. The zero-order valence-corrected chi connectivity index (χ0v) is 17.0. The fourth-order valence-electron chi connectivity index (χ4n) is 3.42. The molecule has 1 atom stereocenters. The number of aliphatic hydroxyl groups excluding tert-OH is 1. The van der Waals surface area contributed by atoms with Gasteiger partial charge < -0.3 is 14.7 Å². The molecule has 2 aromatic rings. The number of hydrogen-bond acceptors (Lipinski definition) is 5. The molecule has 0 radical (unpaired) electrons. The van der Waals surface area contributed by atoms with Crippen molar-refractivity contribution >= 4 is 17.4 Å². The molecule has 1 aromatic heterocycles. The third-order valence-corrected chi connectivity index (χ3v) is 4.86. The molecule has 1 aromatic carbocycles. The van der Waals surface area contributed by atoms with Gasteiger partial charge in [0.05, 0.1) is 17.7 Å². The van der Waals surface area contributed by atoms with Crippen LogP contribution in [-0.2, 0) is 14.3 Å². The number of nitrogens with zero attached hydrogens (tertiary/aromatic N) is 2. The number of amides is 1. The van der Waals surface area contributed by atoms with Crippen LogP contribution in [0.15, 0.2) is 54.4 Å². The van der Waals surface area contributed by atoms with Gasteiger partial charge in [0, 0.05) is 31.1 Å². The van der Waals surface area contributed by atoms with Crippen molar-refractivity contribution in [2.24, 2.45) is 0 Å². The maximum Gasteiger partial charge on any atom is 0.295 e. The first kappa shape index (κ1) is 20.7. The van der Waals surface area contributed by atoms with E-state index in [1.807, 2.05) is 39.0 Å². The zero-order chi connectivity index (χ0) is 21.0. The Labute approximate surface area is 170 Å². The number of Topliss-reactive ketones (excluding diaryl/α,β-unsaturated/α-hetero) is 1. The number of pyridine rings is 1. The number of aliphatic hydroxyl groups is 1. The summed E-state index contributed by atoms with van der Waals surface area (Å²) in [5, 5.41) is 10.9. The van der Waals surface area contributed by atoms with E-state index in [4.69, 9.17) is 4.74 Å². The highest BCUT2D eigenvalue weighted by Crippen LogP contribution is 2.39. The number of benzene rings is 1. The lowest BCUT2D eigenvalue weighted by Gasteiger charge is -2.25. The van der Waals surface area contributed by atoms with E-state index in [0.29, 0.717) is 30.7 Å². The summed E-state index contributed by atoms with van der Waals surface area (Å²) in [5.74, 6) is -1.46. The van der Waals surface area contributed by atoms with Gasteiger partial charge in [0.1, 0.15) is 5.76 Å². The van der Waals surface area contributed by atoms with Crippen LogP contribution in [0.3, 0.4) is 0 Å². The van der Waals surface area contributed by atoms with Gasteiger partial charge in [-0.1, -0.05) is 35.9 Å². The van der Waals surface area contributed by atoms with Crippen molar-refractivity contribution in [2.45, 2.75) is 39.3 Å². The maximum absolute atomic E-state index is 12.9. The van der Waals surface area contributed by atoms with Gasteiger partial charge in [0.2, 0.25) is 0 Å². The van der Waals surface area contributed by atoms with Crippen molar-refractivity contribution in [3.63, 3.8) is 0 Å². The fourth-order valence-corrected chi connectivity index (χ4v) is 3.42.